The smallest absolute Gasteiger partial charge is 0.339 e. The number of hydrogen-bond acceptors (Lipinski definition) is 4. The Bertz CT molecular complexity index is 391. The topological polar surface area (TPSA) is 76.0 Å². The van der Waals surface area contributed by atoms with Crippen LogP contribution in [0.3, 0.4) is 0 Å². The molecule has 106 valence electrons. The molecular formula is C14H20O5. The maximum absolute atomic E-state index is 10.9. The van der Waals surface area contributed by atoms with E-state index in [1.807, 2.05) is 0 Å². The minimum atomic E-state index is -1.05. The lowest BCUT2D eigenvalue weighted by Gasteiger charge is -2.13. The zero-order valence-corrected chi connectivity index (χ0v) is 11.0. The quantitative estimate of drug-likeness (QED) is 0.669. The van der Waals surface area contributed by atoms with E-state index in [4.69, 9.17) is 14.6 Å². The van der Waals surface area contributed by atoms with E-state index in [9.17, 15) is 9.90 Å². The van der Waals surface area contributed by atoms with Crippen molar-refractivity contribution in [3.05, 3.63) is 29.8 Å². The average molecular weight is 268 g/mol. The molecule has 0 aromatic heterocycles. The van der Waals surface area contributed by atoms with Gasteiger partial charge in [0.05, 0.1) is 6.61 Å². The van der Waals surface area contributed by atoms with Crippen molar-refractivity contribution in [2.75, 3.05) is 19.8 Å². The molecule has 5 nitrogen and oxygen atoms in total. The summed E-state index contributed by atoms with van der Waals surface area (Å²) >= 11 is 0. The number of ether oxygens (including phenoxy) is 2. The molecule has 0 aliphatic rings. The van der Waals surface area contributed by atoms with Gasteiger partial charge in [-0.25, -0.2) is 4.79 Å². The van der Waals surface area contributed by atoms with Gasteiger partial charge in [0.25, 0.3) is 0 Å². The highest BCUT2D eigenvalue weighted by molar-refractivity contribution is 5.90. The molecule has 1 aromatic carbocycles. The van der Waals surface area contributed by atoms with Gasteiger partial charge in [0, 0.05) is 6.61 Å². The van der Waals surface area contributed by atoms with E-state index in [0.717, 1.165) is 12.8 Å². The molecule has 0 amide bonds. The fraction of sp³-hybridized carbons (Fsp3) is 0.500. The summed E-state index contributed by atoms with van der Waals surface area (Å²) in [7, 11) is 0. The van der Waals surface area contributed by atoms with Crippen molar-refractivity contribution in [2.24, 2.45) is 0 Å². The Morgan fingerprint density at radius 2 is 2.05 bits per heavy atom. The molecule has 19 heavy (non-hydrogen) atoms. The van der Waals surface area contributed by atoms with Crippen molar-refractivity contribution in [3.8, 4) is 5.75 Å². The first-order chi connectivity index (χ1) is 9.15. The fourth-order valence-electron chi connectivity index (χ4n) is 1.47. The number of aliphatic hydroxyl groups is 1. The largest absolute Gasteiger partial charge is 0.490 e. The summed E-state index contributed by atoms with van der Waals surface area (Å²) in [5.41, 5.74) is 0.0848. The number of aliphatic hydroxyl groups excluding tert-OH is 1. The SMILES string of the molecule is CCCCOCC(O)COc1ccccc1C(=O)O. The third-order valence-corrected chi connectivity index (χ3v) is 2.50. The molecule has 0 fully saturated rings. The van der Waals surface area contributed by atoms with Gasteiger partial charge in [0.2, 0.25) is 0 Å². The van der Waals surface area contributed by atoms with Gasteiger partial charge in [-0.1, -0.05) is 25.5 Å². The molecule has 1 aromatic rings. The molecule has 0 saturated heterocycles. The number of aromatic carboxylic acids is 1. The summed E-state index contributed by atoms with van der Waals surface area (Å²) in [6.45, 7) is 2.87. The van der Waals surface area contributed by atoms with Crippen LogP contribution in [0.2, 0.25) is 0 Å². The molecule has 1 rings (SSSR count). The van der Waals surface area contributed by atoms with Gasteiger partial charge < -0.3 is 19.7 Å². The number of rotatable bonds is 9. The zero-order chi connectivity index (χ0) is 14.1. The van der Waals surface area contributed by atoms with E-state index >= 15 is 0 Å². The lowest BCUT2D eigenvalue weighted by atomic mass is 10.2. The maximum Gasteiger partial charge on any atom is 0.339 e. The van der Waals surface area contributed by atoms with Gasteiger partial charge >= 0.3 is 5.97 Å². The van der Waals surface area contributed by atoms with Crippen molar-refractivity contribution >= 4 is 5.97 Å². The van der Waals surface area contributed by atoms with Crippen molar-refractivity contribution in [1.82, 2.24) is 0 Å². The summed E-state index contributed by atoms with van der Waals surface area (Å²) in [5.74, 6) is -0.799. The summed E-state index contributed by atoms with van der Waals surface area (Å²) in [5, 5.41) is 18.6. The Labute approximate surface area is 112 Å². The Hall–Kier alpha value is -1.59. The molecule has 1 atom stereocenters. The van der Waals surface area contributed by atoms with Crippen molar-refractivity contribution in [2.45, 2.75) is 25.9 Å². The monoisotopic (exact) mass is 268 g/mol. The first-order valence-electron chi connectivity index (χ1n) is 6.36. The van der Waals surface area contributed by atoms with E-state index in [1.54, 1.807) is 18.2 Å². The highest BCUT2D eigenvalue weighted by Gasteiger charge is 2.12. The molecule has 0 aliphatic heterocycles. The molecule has 0 heterocycles. The second kappa shape index (κ2) is 8.50. The maximum atomic E-state index is 10.9. The number of carboxylic acids is 1. The van der Waals surface area contributed by atoms with Crippen LogP contribution in [-0.4, -0.2) is 42.1 Å². The normalized spacial score (nSPS) is 12.1. The lowest BCUT2D eigenvalue weighted by Crippen LogP contribution is -2.24. The summed E-state index contributed by atoms with van der Waals surface area (Å²) in [6, 6.07) is 6.34. The number of hydrogen-bond donors (Lipinski definition) is 2. The Morgan fingerprint density at radius 3 is 2.74 bits per heavy atom. The van der Waals surface area contributed by atoms with Crippen LogP contribution in [0.1, 0.15) is 30.1 Å². The minimum Gasteiger partial charge on any atom is -0.490 e. The predicted molar refractivity (Wildman–Crippen MR) is 70.6 cm³/mol. The molecule has 1 unspecified atom stereocenters. The van der Waals surface area contributed by atoms with Crippen LogP contribution in [0, 0.1) is 0 Å². The average Bonchev–Trinajstić information content (AvgIpc) is 2.41. The molecule has 2 N–H and O–H groups in total. The van der Waals surface area contributed by atoms with E-state index in [0.29, 0.717) is 6.61 Å². The lowest BCUT2D eigenvalue weighted by molar-refractivity contribution is 0.0110. The van der Waals surface area contributed by atoms with Crippen LogP contribution in [0.4, 0.5) is 0 Å². The van der Waals surface area contributed by atoms with Gasteiger partial charge in [-0.15, -0.1) is 0 Å². The van der Waals surface area contributed by atoms with Crippen LogP contribution in [0.5, 0.6) is 5.75 Å². The second-order valence-electron chi connectivity index (χ2n) is 4.19. The summed E-state index contributed by atoms with van der Waals surface area (Å²) in [6.07, 6.45) is 1.23. The van der Waals surface area contributed by atoms with Gasteiger partial charge in [0.1, 0.15) is 24.0 Å². The van der Waals surface area contributed by atoms with E-state index in [-0.39, 0.29) is 24.5 Å². The van der Waals surface area contributed by atoms with Crippen LogP contribution < -0.4 is 4.74 Å². The van der Waals surface area contributed by atoms with Crippen molar-refractivity contribution in [3.63, 3.8) is 0 Å². The van der Waals surface area contributed by atoms with Crippen LogP contribution in [0.15, 0.2) is 24.3 Å². The van der Waals surface area contributed by atoms with Crippen molar-refractivity contribution in [1.29, 1.82) is 0 Å². The predicted octanol–water partition coefficient (Wildman–Crippen LogP) is 1.94. The van der Waals surface area contributed by atoms with Gasteiger partial charge in [-0.3, -0.25) is 0 Å². The molecule has 0 saturated carbocycles. The Balaban J connectivity index is 2.37. The fourth-order valence-corrected chi connectivity index (χ4v) is 1.47. The highest BCUT2D eigenvalue weighted by Crippen LogP contribution is 2.17. The van der Waals surface area contributed by atoms with E-state index in [1.165, 1.54) is 6.07 Å². The molecule has 0 radical (unpaired) electrons. The number of unbranched alkanes of at least 4 members (excludes halogenated alkanes) is 1. The standard InChI is InChI=1S/C14H20O5/c1-2-3-8-18-9-11(15)10-19-13-7-5-4-6-12(13)14(16)17/h4-7,11,15H,2-3,8-10H2,1H3,(H,16,17). The van der Waals surface area contributed by atoms with E-state index in [2.05, 4.69) is 6.92 Å². The van der Waals surface area contributed by atoms with Gasteiger partial charge in [0.15, 0.2) is 0 Å². The summed E-state index contributed by atoms with van der Waals surface area (Å²) in [4.78, 5) is 10.9. The number of carboxylic acid groups (broad SMARTS) is 1. The van der Waals surface area contributed by atoms with Crippen LogP contribution >= 0.6 is 0 Å². The second-order valence-corrected chi connectivity index (χ2v) is 4.19. The molecule has 5 heteroatoms. The number of para-hydroxylation sites is 1. The third kappa shape index (κ3) is 5.72. The molecule has 0 aliphatic carbocycles. The number of benzene rings is 1. The summed E-state index contributed by atoms with van der Waals surface area (Å²) < 4.78 is 10.6. The molecule has 0 bridgehead atoms. The molecule has 0 spiro atoms. The van der Waals surface area contributed by atoms with Gasteiger partial charge in [-0.2, -0.15) is 0 Å². The highest BCUT2D eigenvalue weighted by atomic mass is 16.5. The Kier molecular flexibility index (Phi) is 6.92. The van der Waals surface area contributed by atoms with Crippen LogP contribution in [0.25, 0.3) is 0 Å². The van der Waals surface area contributed by atoms with Crippen molar-refractivity contribution < 1.29 is 24.5 Å². The zero-order valence-electron chi connectivity index (χ0n) is 11.0. The minimum absolute atomic E-state index is 0.0103. The first kappa shape index (κ1) is 15.5. The molecular weight excluding hydrogens is 248 g/mol. The van der Waals surface area contributed by atoms with Crippen LogP contribution in [-0.2, 0) is 4.74 Å². The third-order valence-electron chi connectivity index (χ3n) is 2.50. The Morgan fingerprint density at radius 1 is 1.32 bits per heavy atom. The number of carbonyl (C=O) groups is 1. The van der Waals surface area contributed by atoms with E-state index < -0.39 is 12.1 Å². The first-order valence-corrected chi connectivity index (χ1v) is 6.36. The van der Waals surface area contributed by atoms with Gasteiger partial charge in [-0.05, 0) is 18.6 Å².